The number of nitrogens with zero attached hydrogens (tertiary/aromatic N) is 1. The van der Waals surface area contributed by atoms with E-state index >= 15 is 0 Å². The second-order valence-corrected chi connectivity index (χ2v) is 14.1. The SMILES string of the molecule is c1coc(C2=C(C3CCCCO3)N(C34CC(C3)C4)C(c3cccs3)(C34C5C6C7C5C3C7C64)O2)c1. The molecule has 2 bridgehead atoms. The van der Waals surface area contributed by atoms with Crippen LogP contribution in [0.3, 0.4) is 0 Å². The normalized spacial score (nSPS) is 57.8. The molecule has 2 aliphatic heterocycles. The Bertz CT molecular complexity index is 1220. The molecule has 13 rings (SSSR count). The van der Waals surface area contributed by atoms with Crippen LogP contribution in [0.15, 0.2) is 46.0 Å². The van der Waals surface area contributed by atoms with Crippen LogP contribution in [0.25, 0.3) is 5.76 Å². The van der Waals surface area contributed by atoms with Gasteiger partial charge in [0.15, 0.2) is 11.5 Å². The fourth-order valence-electron chi connectivity index (χ4n) is 11.9. The van der Waals surface area contributed by atoms with Crippen LogP contribution < -0.4 is 0 Å². The molecule has 34 heavy (non-hydrogen) atoms. The lowest BCUT2D eigenvalue weighted by atomic mass is 8.95. The lowest BCUT2D eigenvalue weighted by Gasteiger charge is -3.09. The highest BCUT2D eigenvalue weighted by molar-refractivity contribution is 7.10. The predicted octanol–water partition coefficient (Wildman–Crippen LogP) is 5.68. The molecule has 2 unspecified atom stereocenters. The molecule has 11 aliphatic rings. The van der Waals surface area contributed by atoms with Gasteiger partial charge in [0.05, 0.1) is 16.8 Å². The van der Waals surface area contributed by atoms with Crippen LogP contribution >= 0.6 is 11.3 Å². The minimum Gasteiger partial charge on any atom is -0.461 e. The first-order chi connectivity index (χ1) is 16.8. The van der Waals surface area contributed by atoms with E-state index in [-0.39, 0.29) is 17.4 Å². The first-order valence-electron chi connectivity index (χ1n) is 13.7. The predicted molar refractivity (Wildman–Crippen MR) is 125 cm³/mol. The summed E-state index contributed by atoms with van der Waals surface area (Å²) in [6, 6.07) is 8.79. The van der Waals surface area contributed by atoms with Gasteiger partial charge in [-0.05, 0) is 109 Å². The van der Waals surface area contributed by atoms with Crippen molar-refractivity contribution in [2.45, 2.75) is 55.9 Å². The second kappa shape index (κ2) is 5.06. The van der Waals surface area contributed by atoms with Crippen LogP contribution in [0.5, 0.6) is 0 Å². The Kier molecular flexibility index (Phi) is 2.63. The molecule has 4 heterocycles. The van der Waals surface area contributed by atoms with E-state index in [1.54, 1.807) is 0 Å². The molecule has 0 spiro atoms. The standard InChI is InChI=1S/C29H29NO3S/c1-2-8-31-15(5-1)25-26(16-6-3-9-32-16)33-29(17-7-4-10-34-17,30(25)27-11-14(12-27)13-27)28-22-19-18-20(22)24(28)21(18)23(19)28/h3-4,6-7,9-10,14-15,18-24H,1-2,5,8,11-13H2. The molecule has 2 aromatic heterocycles. The summed E-state index contributed by atoms with van der Waals surface area (Å²) >= 11 is 1.93. The summed E-state index contributed by atoms with van der Waals surface area (Å²) in [4.78, 5) is 4.36. The lowest BCUT2D eigenvalue weighted by Crippen LogP contribution is -3.09. The van der Waals surface area contributed by atoms with Crippen LogP contribution in [0, 0.1) is 52.8 Å². The third-order valence-corrected chi connectivity index (χ3v) is 13.6. The highest BCUT2D eigenvalue weighted by Gasteiger charge is 3.09. The van der Waals surface area contributed by atoms with Crippen LogP contribution in [-0.2, 0) is 15.2 Å². The van der Waals surface area contributed by atoms with E-state index in [1.165, 1.54) is 42.7 Å². The first kappa shape index (κ1) is 17.7. The molecule has 4 nitrogen and oxygen atoms in total. The maximum Gasteiger partial charge on any atom is 0.225 e. The van der Waals surface area contributed by atoms with Crippen molar-refractivity contribution in [1.29, 1.82) is 0 Å². The Morgan fingerprint density at radius 2 is 1.76 bits per heavy atom. The molecular weight excluding hydrogens is 442 g/mol. The van der Waals surface area contributed by atoms with Gasteiger partial charge in [-0.15, -0.1) is 11.3 Å². The van der Waals surface area contributed by atoms with Crippen LogP contribution in [-0.4, -0.2) is 23.1 Å². The number of ether oxygens (including phenoxy) is 2. The summed E-state index contributed by atoms with van der Waals surface area (Å²) in [6.07, 6.45) is 9.44. The molecule has 2 aromatic rings. The van der Waals surface area contributed by atoms with Crippen molar-refractivity contribution in [2.75, 3.05) is 6.61 Å². The fourth-order valence-corrected chi connectivity index (χ4v) is 12.8. The molecule has 0 amide bonds. The summed E-state index contributed by atoms with van der Waals surface area (Å²) in [7, 11) is 0. The number of thiophene rings is 1. The van der Waals surface area contributed by atoms with E-state index < -0.39 is 0 Å². The van der Waals surface area contributed by atoms with Gasteiger partial charge in [0.2, 0.25) is 5.72 Å². The Labute approximate surface area is 203 Å². The van der Waals surface area contributed by atoms with Gasteiger partial charge >= 0.3 is 0 Å². The van der Waals surface area contributed by atoms with Crippen molar-refractivity contribution in [2.24, 2.45) is 52.8 Å². The monoisotopic (exact) mass is 471 g/mol. The summed E-state index contributed by atoms with van der Waals surface area (Å²) in [6.45, 7) is 0.863. The minimum atomic E-state index is -0.348. The zero-order chi connectivity index (χ0) is 21.6. The molecule has 5 heteroatoms. The topological polar surface area (TPSA) is 34.8 Å². The molecule has 9 aliphatic carbocycles. The molecular formula is C29H29NO3S. The average molecular weight is 472 g/mol. The summed E-state index contributed by atoms with van der Waals surface area (Å²) in [5.41, 5.74) is 1.58. The van der Waals surface area contributed by atoms with Gasteiger partial charge in [0.25, 0.3) is 0 Å². The zero-order valence-corrected chi connectivity index (χ0v) is 20.0. The largest absolute Gasteiger partial charge is 0.461 e. The average Bonchev–Trinajstić information content (AvgIpc) is 3.59. The molecule has 2 atom stereocenters. The van der Waals surface area contributed by atoms with Crippen molar-refractivity contribution >= 4 is 17.1 Å². The molecule has 0 radical (unpaired) electrons. The molecule has 9 saturated carbocycles. The van der Waals surface area contributed by atoms with E-state index in [0.29, 0.717) is 5.41 Å². The number of furan rings is 1. The number of hydrogen-bond donors (Lipinski definition) is 0. The van der Waals surface area contributed by atoms with E-state index in [0.717, 1.165) is 71.9 Å². The fraction of sp³-hybridized carbons (Fsp3) is 0.655. The molecule has 174 valence electrons. The number of rotatable bonds is 5. The van der Waals surface area contributed by atoms with E-state index in [1.807, 2.05) is 23.7 Å². The zero-order valence-electron chi connectivity index (χ0n) is 19.2. The second-order valence-electron chi connectivity index (χ2n) is 13.1. The molecule has 10 fully saturated rings. The quantitative estimate of drug-likeness (QED) is 0.562. The van der Waals surface area contributed by atoms with Crippen molar-refractivity contribution in [3.05, 3.63) is 52.2 Å². The summed E-state index contributed by atoms with van der Waals surface area (Å²) < 4.78 is 20.3. The maximum absolute atomic E-state index is 7.61. The van der Waals surface area contributed by atoms with E-state index in [9.17, 15) is 0 Å². The van der Waals surface area contributed by atoms with Crippen molar-refractivity contribution in [1.82, 2.24) is 4.90 Å². The maximum atomic E-state index is 7.61. The van der Waals surface area contributed by atoms with Crippen LogP contribution in [0.1, 0.15) is 49.2 Å². The highest BCUT2D eigenvalue weighted by atomic mass is 32.1. The van der Waals surface area contributed by atoms with Gasteiger partial charge in [0, 0.05) is 17.6 Å². The van der Waals surface area contributed by atoms with Gasteiger partial charge in [0.1, 0.15) is 6.10 Å². The van der Waals surface area contributed by atoms with Crippen molar-refractivity contribution in [3.63, 3.8) is 0 Å². The minimum absolute atomic E-state index is 0.122. The summed E-state index contributed by atoms with van der Waals surface area (Å²) in [5, 5.41) is 2.28. The molecule has 1 saturated heterocycles. The smallest absolute Gasteiger partial charge is 0.225 e. The highest BCUT2D eigenvalue weighted by Crippen LogP contribution is 3.09. The van der Waals surface area contributed by atoms with Crippen molar-refractivity contribution in [3.8, 4) is 0 Å². The van der Waals surface area contributed by atoms with E-state index in [4.69, 9.17) is 13.9 Å². The first-order valence-corrected chi connectivity index (χ1v) is 14.6. The van der Waals surface area contributed by atoms with Gasteiger partial charge in [-0.25, -0.2) is 0 Å². The van der Waals surface area contributed by atoms with Gasteiger partial charge in [-0.3, -0.25) is 0 Å². The number of hydrogen-bond acceptors (Lipinski definition) is 5. The van der Waals surface area contributed by atoms with Gasteiger partial charge in [-0.2, -0.15) is 0 Å². The van der Waals surface area contributed by atoms with Gasteiger partial charge in [-0.1, -0.05) is 6.07 Å². The Morgan fingerprint density at radius 3 is 2.35 bits per heavy atom. The Balaban J connectivity index is 1.18. The van der Waals surface area contributed by atoms with Crippen LogP contribution in [0.2, 0.25) is 0 Å². The van der Waals surface area contributed by atoms with Gasteiger partial charge < -0.3 is 18.8 Å². The molecule has 0 N–H and O–H groups in total. The third-order valence-electron chi connectivity index (χ3n) is 12.7. The van der Waals surface area contributed by atoms with Crippen LogP contribution in [0.4, 0.5) is 0 Å². The third kappa shape index (κ3) is 1.38. The lowest BCUT2D eigenvalue weighted by molar-refractivity contribution is -0.650. The van der Waals surface area contributed by atoms with Crippen molar-refractivity contribution < 1.29 is 13.9 Å². The Morgan fingerprint density at radius 1 is 0.941 bits per heavy atom. The van der Waals surface area contributed by atoms with E-state index in [2.05, 4.69) is 28.5 Å². The Hall–Kier alpha value is -1.72. The molecule has 0 aromatic carbocycles. The summed E-state index contributed by atoms with van der Waals surface area (Å²) in [5.74, 6) is 9.71.